The smallest absolute Gasteiger partial charge is 0.321 e. The molecule has 1 atom stereocenters. The minimum atomic E-state index is -0.868. The van der Waals surface area contributed by atoms with Crippen molar-refractivity contribution in [2.24, 2.45) is 5.92 Å². The van der Waals surface area contributed by atoms with Gasteiger partial charge < -0.3 is 15.0 Å². The average Bonchev–Trinajstić information content (AvgIpc) is 2.40. The number of hydrogen-bond acceptors (Lipinski definition) is 3. The monoisotopic (exact) mass is 286 g/mol. The molecule has 1 rings (SSSR count). The van der Waals surface area contributed by atoms with Crippen LogP contribution in [0.3, 0.4) is 0 Å². The number of carbonyl (C=O) groups is 2. The van der Waals surface area contributed by atoms with Gasteiger partial charge in [-0.2, -0.15) is 0 Å². The van der Waals surface area contributed by atoms with E-state index >= 15 is 0 Å². The molecule has 1 N–H and O–H groups in total. The summed E-state index contributed by atoms with van der Waals surface area (Å²) in [6, 6.07) is 2.23. The van der Waals surface area contributed by atoms with Gasteiger partial charge in [0.25, 0.3) is 0 Å². The molecule has 1 aromatic rings. The molecule has 1 aromatic carbocycles. The van der Waals surface area contributed by atoms with Crippen LogP contribution in [0.15, 0.2) is 18.2 Å². The van der Waals surface area contributed by atoms with Gasteiger partial charge in [0.1, 0.15) is 11.6 Å². The lowest BCUT2D eigenvalue weighted by molar-refractivity contribution is -0.145. The highest BCUT2D eigenvalue weighted by atomic mass is 19.1. The number of rotatable bonds is 4. The molecule has 7 heteroatoms. The fraction of sp³-hybridized carbons (Fsp3) is 0.385. The van der Waals surface area contributed by atoms with Crippen LogP contribution in [-0.2, 0) is 9.53 Å². The molecule has 2 amide bonds. The maximum Gasteiger partial charge on any atom is 0.321 e. The Labute approximate surface area is 115 Å². The molecule has 0 aliphatic carbocycles. The summed E-state index contributed by atoms with van der Waals surface area (Å²) in [4.78, 5) is 24.2. The number of ether oxygens (including phenoxy) is 1. The van der Waals surface area contributed by atoms with Crippen LogP contribution in [0.2, 0.25) is 0 Å². The quantitative estimate of drug-likeness (QED) is 0.864. The summed E-state index contributed by atoms with van der Waals surface area (Å²) in [6.45, 7) is 1.72. The number of urea groups is 1. The molecule has 0 saturated carbocycles. The van der Waals surface area contributed by atoms with Crippen LogP contribution >= 0.6 is 0 Å². The largest absolute Gasteiger partial charge is 0.469 e. The van der Waals surface area contributed by atoms with Gasteiger partial charge in [-0.15, -0.1) is 0 Å². The number of anilines is 1. The lowest BCUT2D eigenvalue weighted by atomic mass is 10.2. The fourth-order valence-corrected chi connectivity index (χ4v) is 1.57. The van der Waals surface area contributed by atoms with Crippen molar-refractivity contribution in [3.8, 4) is 0 Å². The summed E-state index contributed by atoms with van der Waals surface area (Å²) >= 11 is 0. The predicted octanol–water partition coefficient (Wildman–Crippen LogP) is 2.24. The molecule has 20 heavy (non-hydrogen) atoms. The number of methoxy groups -OCH3 is 1. The van der Waals surface area contributed by atoms with Crippen LogP contribution in [0, 0.1) is 17.6 Å². The second-order valence-electron chi connectivity index (χ2n) is 4.36. The third kappa shape index (κ3) is 4.18. The van der Waals surface area contributed by atoms with Gasteiger partial charge in [-0.05, 0) is 12.1 Å². The maximum atomic E-state index is 13.4. The number of halogens is 2. The van der Waals surface area contributed by atoms with E-state index < -0.39 is 29.6 Å². The fourth-order valence-electron chi connectivity index (χ4n) is 1.57. The van der Waals surface area contributed by atoms with Crippen molar-refractivity contribution < 1.29 is 23.1 Å². The van der Waals surface area contributed by atoms with E-state index in [0.717, 1.165) is 12.1 Å². The molecule has 5 nitrogen and oxygen atoms in total. The highest BCUT2D eigenvalue weighted by molar-refractivity contribution is 5.89. The number of nitrogens with zero attached hydrogens (tertiary/aromatic N) is 1. The normalized spacial score (nSPS) is 11.7. The van der Waals surface area contributed by atoms with Gasteiger partial charge in [-0.1, -0.05) is 6.92 Å². The Hall–Kier alpha value is -2.18. The summed E-state index contributed by atoms with van der Waals surface area (Å²) in [6.07, 6.45) is 0. The predicted molar refractivity (Wildman–Crippen MR) is 69.2 cm³/mol. The first-order valence-corrected chi connectivity index (χ1v) is 5.90. The first kappa shape index (κ1) is 15.9. The third-order valence-corrected chi connectivity index (χ3v) is 2.67. The Morgan fingerprint density at radius 3 is 2.60 bits per heavy atom. The second kappa shape index (κ2) is 6.83. The standard InChI is InChI=1S/C13H16F2N2O3/c1-8(12(18)20-3)7-17(2)13(19)16-11-5-4-9(14)6-10(11)15/h4-6,8H,7H2,1-3H3,(H,16,19). The van der Waals surface area contributed by atoms with Crippen LogP contribution in [0.4, 0.5) is 19.3 Å². The summed E-state index contributed by atoms with van der Waals surface area (Å²) in [5, 5.41) is 2.29. The summed E-state index contributed by atoms with van der Waals surface area (Å²) in [7, 11) is 2.71. The summed E-state index contributed by atoms with van der Waals surface area (Å²) < 4.78 is 30.6. The number of hydrogen-bond donors (Lipinski definition) is 1. The zero-order chi connectivity index (χ0) is 15.3. The topological polar surface area (TPSA) is 58.6 Å². The van der Waals surface area contributed by atoms with Crippen molar-refractivity contribution in [2.45, 2.75) is 6.92 Å². The number of benzene rings is 1. The number of esters is 1. The van der Waals surface area contributed by atoms with E-state index in [1.54, 1.807) is 6.92 Å². The minimum Gasteiger partial charge on any atom is -0.469 e. The molecular weight excluding hydrogens is 270 g/mol. The Bertz CT molecular complexity index is 508. The van der Waals surface area contributed by atoms with E-state index in [1.165, 1.54) is 19.1 Å². The molecule has 0 spiro atoms. The molecule has 0 saturated heterocycles. The average molecular weight is 286 g/mol. The SMILES string of the molecule is COC(=O)C(C)CN(C)C(=O)Nc1ccc(F)cc1F. The van der Waals surface area contributed by atoms with E-state index in [9.17, 15) is 18.4 Å². The molecule has 0 radical (unpaired) electrons. The number of carbonyl (C=O) groups excluding carboxylic acids is 2. The van der Waals surface area contributed by atoms with Crippen molar-refractivity contribution in [3.05, 3.63) is 29.8 Å². The Morgan fingerprint density at radius 2 is 2.05 bits per heavy atom. The van der Waals surface area contributed by atoms with E-state index in [0.29, 0.717) is 6.07 Å². The van der Waals surface area contributed by atoms with Crippen molar-refractivity contribution >= 4 is 17.7 Å². The van der Waals surface area contributed by atoms with E-state index in [-0.39, 0.29) is 12.2 Å². The van der Waals surface area contributed by atoms with Gasteiger partial charge in [-0.25, -0.2) is 13.6 Å². The molecule has 110 valence electrons. The van der Waals surface area contributed by atoms with Crippen molar-refractivity contribution in [3.63, 3.8) is 0 Å². The van der Waals surface area contributed by atoms with Crippen molar-refractivity contribution in [2.75, 3.05) is 26.0 Å². The Balaban J connectivity index is 2.64. The molecule has 0 fully saturated rings. The van der Waals surface area contributed by atoms with Crippen LogP contribution in [0.5, 0.6) is 0 Å². The zero-order valence-electron chi connectivity index (χ0n) is 11.4. The highest BCUT2D eigenvalue weighted by Crippen LogP contribution is 2.15. The highest BCUT2D eigenvalue weighted by Gasteiger charge is 2.19. The number of nitrogens with one attached hydrogen (secondary N) is 1. The Kier molecular flexibility index (Phi) is 5.42. The van der Waals surface area contributed by atoms with Gasteiger partial charge in [0.05, 0.1) is 18.7 Å². The van der Waals surface area contributed by atoms with Gasteiger partial charge in [0.2, 0.25) is 0 Å². The maximum absolute atomic E-state index is 13.4. The number of amides is 2. The van der Waals surface area contributed by atoms with Crippen LogP contribution < -0.4 is 5.32 Å². The summed E-state index contributed by atoms with van der Waals surface area (Å²) in [5.74, 6) is -2.55. The van der Waals surface area contributed by atoms with Crippen LogP contribution in [-0.4, -0.2) is 37.6 Å². The van der Waals surface area contributed by atoms with Crippen molar-refractivity contribution in [1.82, 2.24) is 4.90 Å². The third-order valence-electron chi connectivity index (χ3n) is 2.67. The molecule has 0 aromatic heterocycles. The van der Waals surface area contributed by atoms with Gasteiger partial charge in [-0.3, -0.25) is 4.79 Å². The minimum absolute atomic E-state index is 0.112. The first-order valence-electron chi connectivity index (χ1n) is 5.90. The molecule has 0 bridgehead atoms. The Morgan fingerprint density at radius 1 is 1.40 bits per heavy atom. The lowest BCUT2D eigenvalue weighted by Gasteiger charge is -2.20. The van der Waals surface area contributed by atoms with Crippen molar-refractivity contribution in [1.29, 1.82) is 0 Å². The molecular formula is C13H16F2N2O3. The summed E-state index contributed by atoms with van der Waals surface area (Å²) in [5.41, 5.74) is -0.131. The zero-order valence-corrected chi connectivity index (χ0v) is 11.4. The lowest BCUT2D eigenvalue weighted by Crippen LogP contribution is -2.37. The first-order chi connectivity index (χ1) is 9.35. The molecule has 1 unspecified atom stereocenters. The van der Waals surface area contributed by atoms with Crippen LogP contribution in [0.1, 0.15) is 6.92 Å². The van der Waals surface area contributed by atoms with E-state index in [1.807, 2.05) is 0 Å². The van der Waals surface area contributed by atoms with Gasteiger partial charge in [0, 0.05) is 19.7 Å². The molecule has 0 aliphatic rings. The van der Waals surface area contributed by atoms with E-state index in [4.69, 9.17) is 0 Å². The van der Waals surface area contributed by atoms with E-state index in [2.05, 4.69) is 10.1 Å². The van der Waals surface area contributed by atoms with Gasteiger partial charge >= 0.3 is 12.0 Å². The van der Waals surface area contributed by atoms with Crippen LogP contribution in [0.25, 0.3) is 0 Å². The molecule has 0 aliphatic heterocycles. The van der Waals surface area contributed by atoms with Gasteiger partial charge in [0.15, 0.2) is 0 Å². The second-order valence-corrected chi connectivity index (χ2v) is 4.36. The molecule has 0 heterocycles.